The number of sulfone groups is 1. The summed E-state index contributed by atoms with van der Waals surface area (Å²) >= 11 is 0. The molecule has 0 radical (unpaired) electrons. The smallest absolute Gasteiger partial charge is 0.218 e. The molecule has 1 aliphatic rings. The largest absolute Gasteiger partial charge is 0.372 e. The van der Waals surface area contributed by atoms with Gasteiger partial charge in [0.05, 0.1) is 4.90 Å². The zero-order chi connectivity index (χ0) is 18.6. The van der Waals surface area contributed by atoms with Crippen molar-refractivity contribution in [2.24, 2.45) is 0 Å². The van der Waals surface area contributed by atoms with Gasteiger partial charge in [-0.2, -0.15) is 5.26 Å². The Hall–Kier alpha value is -2.85. The van der Waals surface area contributed by atoms with Crippen molar-refractivity contribution in [1.82, 2.24) is 4.90 Å². The fourth-order valence-corrected chi connectivity index (χ4v) is 3.99. The first-order valence-electron chi connectivity index (χ1n) is 8.17. The number of nitriles is 1. The highest BCUT2D eigenvalue weighted by atomic mass is 32.2. The Bertz CT molecular complexity index is 927. The van der Waals surface area contributed by atoms with E-state index < -0.39 is 9.84 Å². The number of hydrogen-bond donors (Lipinski definition) is 0. The van der Waals surface area contributed by atoms with E-state index in [4.69, 9.17) is 0 Å². The summed E-state index contributed by atoms with van der Waals surface area (Å²) in [5.41, 5.74) is 0.924. The molecule has 134 valence electrons. The van der Waals surface area contributed by atoms with Crippen LogP contribution in [0.25, 0.3) is 0 Å². The van der Waals surface area contributed by atoms with E-state index in [2.05, 4.69) is 4.90 Å². The molecule has 0 aromatic heterocycles. The number of hydrogen-bond acceptors (Lipinski definition) is 5. The molecule has 1 heterocycles. The van der Waals surface area contributed by atoms with Gasteiger partial charge < -0.3 is 9.80 Å². The minimum atomic E-state index is -3.82. The monoisotopic (exact) mass is 371 g/mol. The Morgan fingerprint density at radius 1 is 1.00 bits per heavy atom. The van der Waals surface area contributed by atoms with Crippen LogP contribution in [0.3, 0.4) is 0 Å². The van der Waals surface area contributed by atoms with E-state index in [1.54, 1.807) is 30.3 Å². The van der Waals surface area contributed by atoms with Crippen molar-refractivity contribution in [1.29, 1.82) is 5.26 Å². The van der Waals surface area contributed by atoms with Crippen LogP contribution in [0.1, 0.15) is 0 Å². The van der Waals surface area contributed by atoms with E-state index >= 15 is 0 Å². The Labute approximate surface area is 152 Å². The van der Waals surface area contributed by atoms with Crippen molar-refractivity contribution in [3.63, 3.8) is 0 Å². The molecular formula is C19H18FN3O2S. The van der Waals surface area contributed by atoms with Gasteiger partial charge in [0.15, 0.2) is 4.91 Å². The molecule has 3 rings (SSSR count). The lowest BCUT2D eigenvalue weighted by molar-refractivity contribution is 0.348. The molecule has 0 unspecified atom stereocenters. The second kappa shape index (κ2) is 7.58. The summed E-state index contributed by atoms with van der Waals surface area (Å²) in [6.07, 6.45) is 1.42. The standard InChI is InChI=1S/C19H18FN3O2S/c20-16-6-8-17(9-7-16)23-12-10-22(11-13-23)15-19(14-21)26(24,25)18-4-2-1-3-5-18/h1-9,15H,10-13H2/b19-15-. The zero-order valence-electron chi connectivity index (χ0n) is 14.0. The molecular weight excluding hydrogens is 353 g/mol. The topological polar surface area (TPSA) is 64.4 Å². The van der Waals surface area contributed by atoms with Gasteiger partial charge in [0.2, 0.25) is 9.84 Å². The maximum Gasteiger partial charge on any atom is 0.218 e. The number of anilines is 1. The van der Waals surface area contributed by atoms with Crippen LogP contribution in [-0.2, 0) is 9.84 Å². The maximum absolute atomic E-state index is 13.0. The summed E-state index contributed by atoms with van der Waals surface area (Å²) < 4.78 is 38.2. The molecule has 1 fully saturated rings. The molecule has 0 bridgehead atoms. The SMILES string of the molecule is N#C/C(=C/N1CCN(c2ccc(F)cc2)CC1)S(=O)(=O)c1ccccc1. The number of halogens is 1. The zero-order valence-corrected chi connectivity index (χ0v) is 14.9. The average Bonchev–Trinajstić information content (AvgIpc) is 2.68. The van der Waals surface area contributed by atoms with Crippen molar-refractivity contribution >= 4 is 15.5 Å². The number of piperazine rings is 1. The highest BCUT2D eigenvalue weighted by Crippen LogP contribution is 2.21. The molecule has 0 amide bonds. The molecule has 26 heavy (non-hydrogen) atoms. The Morgan fingerprint density at radius 3 is 2.19 bits per heavy atom. The molecule has 5 nitrogen and oxygen atoms in total. The molecule has 0 spiro atoms. The fraction of sp³-hybridized carbons (Fsp3) is 0.211. The van der Waals surface area contributed by atoms with Crippen LogP contribution in [0.4, 0.5) is 10.1 Å². The number of allylic oxidation sites excluding steroid dienone is 1. The van der Waals surface area contributed by atoms with Crippen LogP contribution < -0.4 is 4.90 Å². The van der Waals surface area contributed by atoms with E-state index in [-0.39, 0.29) is 15.6 Å². The normalized spacial score (nSPS) is 15.6. The van der Waals surface area contributed by atoms with E-state index in [0.29, 0.717) is 26.2 Å². The van der Waals surface area contributed by atoms with Crippen molar-refractivity contribution in [3.05, 3.63) is 71.5 Å². The summed E-state index contributed by atoms with van der Waals surface area (Å²) in [6, 6.07) is 16.0. The van der Waals surface area contributed by atoms with Crippen LogP contribution in [-0.4, -0.2) is 39.5 Å². The number of nitrogens with zero attached hydrogens (tertiary/aromatic N) is 3. The van der Waals surface area contributed by atoms with Crippen molar-refractivity contribution in [2.45, 2.75) is 4.90 Å². The lowest BCUT2D eigenvalue weighted by Gasteiger charge is -2.35. The molecule has 0 atom stereocenters. The van der Waals surface area contributed by atoms with Crippen LogP contribution in [0.15, 0.2) is 70.6 Å². The molecule has 0 saturated carbocycles. The summed E-state index contributed by atoms with van der Waals surface area (Å²) in [7, 11) is -3.82. The first-order valence-corrected chi connectivity index (χ1v) is 9.65. The first-order chi connectivity index (χ1) is 12.5. The van der Waals surface area contributed by atoms with Crippen molar-refractivity contribution < 1.29 is 12.8 Å². The minimum absolute atomic E-state index is 0.109. The molecule has 1 saturated heterocycles. The van der Waals surface area contributed by atoms with Gasteiger partial charge in [-0.15, -0.1) is 0 Å². The predicted octanol–water partition coefficient (Wildman–Crippen LogP) is 2.79. The lowest BCUT2D eigenvalue weighted by Crippen LogP contribution is -2.44. The van der Waals surface area contributed by atoms with Gasteiger partial charge in [0, 0.05) is 38.1 Å². The van der Waals surface area contributed by atoms with Crippen LogP contribution in [0.2, 0.25) is 0 Å². The van der Waals surface area contributed by atoms with E-state index in [0.717, 1.165) is 5.69 Å². The molecule has 7 heteroatoms. The van der Waals surface area contributed by atoms with Gasteiger partial charge in [-0.05, 0) is 36.4 Å². The first kappa shape index (κ1) is 18.0. The van der Waals surface area contributed by atoms with Gasteiger partial charge in [0.25, 0.3) is 0 Å². The summed E-state index contributed by atoms with van der Waals surface area (Å²) in [6.45, 7) is 2.47. The van der Waals surface area contributed by atoms with Crippen LogP contribution >= 0.6 is 0 Å². The molecule has 1 aliphatic heterocycles. The summed E-state index contributed by atoms with van der Waals surface area (Å²) in [4.78, 5) is 3.78. The summed E-state index contributed by atoms with van der Waals surface area (Å²) in [5.74, 6) is -0.278. The predicted molar refractivity (Wildman–Crippen MR) is 97.5 cm³/mol. The Morgan fingerprint density at radius 2 is 1.62 bits per heavy atom. The van der Waals surface area contributed by atoms with E-state index in [1.807, 2.05) is 11.0 Å². The Balaban J connectivity index is 1.72. The highest BCUT2D eigenvalue weighted by Gasteiger charge is 2.23. The van der Waals surface area contributed by atoms with Crippen LogP contribution in [0.5, 0.6) is 0 Å². The number of benzene rings is 2. The Kier molecular flexibility index (Phi) is 5.24. The quantitative estimate of drug-likeness (QED) is 0.774. The third kappa shape index (κ3) is 3.86. The van der Waals surface area contributed by atoms with E-state index in [1.165, 1.54) is 30.5 Å². The van der Waals surface area contributed by atoms with E-state index in [9.17, 15) is 18.1 Å². The third-order valence-corrected chi connectivity index (χ3v) is 5.93. The minimum Gasteiger partial charge on any atom is -0.372 e. The van der Waals surface area contributed by atoms with Gasteiger partial charge >= 0.3 is 0 Å². The highest BCUT2D eigenvalue weighted by molar-refractivity contribution is 7.95. The number of rotatable bonds is 4. The molecule has 2 aromatic rings. The van der Waals surface area contributed by atoms with Crippen molar-refractivity contribution in [3.8, 4) is 6.07 Å². The molecule has 0 aliphatic carbocycles. The second-order valence-corrected chi connectivity index (χ2v) is 7.84. The van der Waals surface area contributed by atoms with Gasteiger partial charge in [0.1, 0.15) is 11.9 Å². The van der Waals surface area contributed by atoms with Crippen LogP contribution in [0, 0.1) is 17.1 Å². The second-order valence-electron chi connectivity index (χ2n) is 5.92. The molecule has 0 N–H and O–H groups in total. The van der Waals surface area contributed by atoms with Gasteiger partial charge in [-0.3, -0.25) is 0 Å². The average molecular weight is 371 g/mol. The lowest BCUT2D eigenvalue weighted by atomic mass is 10.2. The molecule has 2 aromatic carbocycles. The summed E-state index contributed by atoms with van der Waals surface area (Å²) in [5, 5.41) is 9.34. The third-order valence-electron chi connectivity index (χ3n) is 4.26. The van der Waals surface area contributed by atoms with Crippen molar-refractivity contribution in [2.75, 3.05) is 31.1 Å². The van der Waals surface area contributed by atoms with Gasteiger partial charge in [-0.25, -0.2) is 12.8 Å². The fourth-order valence-electron chi connectivity index (χ4n) is 2.81. The van der Waals surface area contributed by atoms with Gasteiger partial charge in [-0.1, -0.05) is 18.2 Å². The maximum atomic E-state index is 13.0.